The molecule has 1 N–H and O–H groups in total. The number of aryl methyl sites for hydroxylation is 1. The standard InChI is InChI=1S/C13H21NO2S/c1-8(2)11-9(6-7-10(15)16)17-12(14-11)13(3,4)5/h8H,6-7H2,1-5H3,(H,15,16). The van der Waals surface area contributed by atoms with E-state index in [0.717, 1.165) is 15.6 Å². The van der Waals surface area contributed by atoms with Crippen LogP contribution in [0.25, 0.3) is 0 Å². The summed E-state index contributed by atoms with van der Waals surface area (Å²) in [7, 11) is 0. The topological polar surface area (TPSA) is 50.2 Å². The largest absolute Gasteiger partial charge is 0.481 e. The van der Waals surface area contributed by atoms with Crippen molar-refractivity contribution in [3.8, 4) is 0 Å². The van der Waals surface area contributed by atoms with Crippen LogP contribution < -0.4 is 0 Å². The molecule has 17 heavy (non-hydrogen) atoms. The second-order valence-corrected chi connectivity index (χ2v) is 6.71. The molecule has 0 aromatic carbocycles. The summed E-state index contributed by atoms with van der Waals surface area (Å²) in [6.45, 7) is 10.6. The second-order valence-electron chi connectivity index (χ2n) is 5.63. The molecule has 0 saturated carbocycles. The molecular formula is C13H21NO2S. The average molecular weight is 255 g/mol. The van der Waals surface area contributed by atoms with Crippen molar-refractivity contribution in [3.05, 3.63) is 15.6 Å². The van der Waals surface area contributed by atoms with Gasteiger partial charge in [-0.1, -0.05) is 34.6 Å². The van der Waals surface area contributed by atoms with Crippen LogP contribution in [0.15, 0.2) is 0 Å². The summed E-state index contributed by atoms with van der Waals surface area (Å²) < 4.78 is 0. The maximum Gasteiger partial charge on any atom is 0.303 e. The van der Waals surface area contributed by atoms with Crippen molar-refractivity contribution in [1.82, 2.24) is 4.98 Å². The van der Waals surface area contributed by atoms with E-state index < -0.39 is 5.97 Å². The SMILES string of the molecule is CC(C)c1nc(C(C)(C)C)sc1CCC(=O)O. The Morgan fingerprint density at radius 2 is 2.00 bits per heavy atom. The molecule has 3 nitrogen and oxygen atoms in total. The number of aliphatic carboxylic acids is 1. The van der Waals surface area contributed by atoms with Crippen molar-refractivity contribution in [2.45, 2.75) is 58.8 Å². The number of aromatic nitrogens is 1. The highest BCUT2D eigenvalue weighted by Gasteiger charge is 2.22. The summed E-state index contributed by atoms with van der Waals surface area (Å²) in [6, 6.07) is 0. The fraction of sp³-hybridized carbons (Fsp3) is 0.692. The lowest BCUT2D eigenvalue weighted by Crippen LogP contribution is -2.10. The summed E-state index contributed by atoms with van der Waals surface area (Å²) in [5, 5.41) is 9.85. The molecule has 4 heteroatoms. The zero-order valence-corrected chi connectivity index (χ0v) is 12.0. The summed E-state index contributed by atoms with van der Waals surface area (Å²) >= 11 is 1.66. The number of carboxylic acid groups (broad SMARTS) is 1. The molecule has 0 aliphatic carbocycles. The Morgan fingerprint density at radius 1 is 1.41 bits per heavy atom. The highest BCUT2D eigenvalue weighted by Crippen LogP contribution is 2.33. The van der Waals surface area contributed by atoms with E-state index >= 15 is 0 Å². The third-order valence-corrected chi connectivity index (χ3v) is 4.04. The highest BCUT2D eigenvalue weighted by molar-refractivity contribution is 7.11. The first-order chi connectivity index (χ1) is 7.71. The van der Waals surface area contributed by atoms with Crippen LogP contribution in [0.4, 0.5) is 0 Å². The third-order valence-electron chi connectivity index (χ3n) is 2.48. The van der Waals surface area contributed by atoms with E-state index in [1.807, 2.05) is 0 Å². The predicted molar refractivity (Wildman–Crippen MR) is 70.9 cm³/mol. The Kier molecular flexibility index (Phi) is 4.31. The van der Waals surface area contributed by atoms with Crippen LogP contribution >= 0.6 is 11.3 Å². The number of hydrogen-bond donors (Lipinski definition) is 1. The van der Waals surface area contributed by atoms with Gasteiger partial charge in [0, 0.05) is 10.3 Å². The van der Waals surface area contributed by atoms with Crippen molar-refractivity contribution < 1.29 is 9.90 Å². The monoisotopic (exact) mass is 255 g/mol. The summed E-state index contributed by atoms with van der Waals surface area (Å²) in [6.07, 6.45) is 0.780. The number of hydrogen-bond acceptors (Lipinski definition) is 3. The Labute approximate surface area is 107 Å². The molecule has 0 amide bonds. The molecule has 0 fully saturated rings. The zero-order valence-electron chi connectivity index (χ0n) is 11.2. The van der Waals surface area contributed by atoms with Crippen LogP contribution in [0, 0.1) is 0 Å². The van der Waals surface area contributed by atoms with Crippen LogP contribution in [-0.2, 0) is 16.6 Å². The molecular weight excluding hydrogens is 234 g/mol. The Bertz CT molecular complexity index is 402. The van der Waals surface area contributed by atoms with Gasteiger partial charge in [-0.2, -0.15) is 0 Å². The maximum atomic E-state index is 10.6. The smallest absolute Gasteiger partial charge is 0.303 e. The van der Waals surface area contributed by atoms with Gasteiger partial charge in [0.25, 0.3) is 0 Å². The van der Waals surface area contributed by atoms with Gasteiger partial charge in [0.2, 0.25) is 0 Å². The average Bonchev–Trinajstić information content (AvgIpc) is 2.57. The van der Waals surface area contributed by atoms with Crippen LogP contribution in [-0.4, -0.2) is 16.1 Å². The lowest BCUT2D eigenvalue weighted by molar-refractivity contribution is -0.136. The van der Waals surface area contributed by atoms with E-state index in [9.17, 15) is 4.79 Å². The van der Waals surface area contributed by atoms with Crippen LogP contribution in [0.2, 0.25) is 0 Å². The normalized spacial score (nSPS) is 12.1. The van der Waals surface area contributed by atoms with E-state index in [1.54, 1.807) is 11.3 Å². The molecule has 1 aromatic rings. The van der Waals surface area contributed by atoms with Crippen LogP contribution in [0.3, 0.4) is 0 Å². The molecule has 1 heterocycles. The van der Waals surface area contributed by atoms with Gasteiger partial charge in [-0.3, -0.25) is 4.79 Å². The molecule has 0 aliphatic heterocycles. The van der Waals surface area contributed by atoms with Crippen molar-refractivity contribution in [2.24, 2.45) is 0 Å². The van der Waals surface area contributed by atoms with E-state index in [2.05, 4.69) is 39.6 Å². The minimum atomic E-state index is -0.745. The molecule has 1 aromatic heterocycles. The van der Waals surface area contributed by atoms with Crippen molar-refractivity contribution in [1.29, 1.82) is 0 Å². The lowest BCUT2D eigenvalue weighted by Gasteiger charge is -2.13. The minimum Gasteiger partial charge on any atom is -0.481 e. The molecule has 0 radical (unpaired) electrons. The van der Waals surface area contributed by atoms with Gasteiger partial charge in [-0.15, -0.1) is 11.3 Å². The molecule has 0 bridgehead atoms. The first kappa shape index (κ1) is 14.2. The van der Waals surface area contributed by atoms with Crippen molar-refractivity contribution >= 4 is 17.3 Å². The van der Waals surface area contributed by atoms with Crippen molar-refractivity contribution in [3.63, 3.8) is 0 Å². The number of carboxylic acids is 1. The first-order valence-corrected chi connectivity index (χ1v) is 6.75. The summed E-state index contributed by atoms with van der Waals surface area (Å²) in [4.78, 5) is 16.5. The van der Waals surface area contributed by atoms with E-state index in [4.69, 9.17) is 5.11 Å². The summed E-state index contributed by atoms with van der Waals surface area (Å²) in [5.41, 5.74) is 1.11. The molecule has 0 aliphatic rings. The number of nitrogens with zero attached hydrogens (tertiary/aromatic N) is 1. The Morgan fingerprint density at radius 3 is 2.41 bits per heavy atom. The van der Waals surface area contributed by atoms with E-state index in [1.165, 1.54) is 0 Å². The lowest BCUT2D eigenvalue weighted by atomic mass is 9.98. The fourth-order valence-corrected chi connectivity index (χ4v) is 2.81. The molecule has 0 spiro atoms. The van der Waals surface area contributed by atoms with Crippen molar-refractivity contribution in [2.75, 3.05) is 0 Å². The van der Waals surface area contributed by atoms with Crippen LogP contribution in [0.5, 0.6) is 0 Å². The number of rotatable bonds is 4. The number of carbonyl (C=O) groups is 1. The van der Waals surface area contributed by atoms with E-state index in [-0.39, 0.29) is 11.8 Å². The third kappa shape index (κ3) is 3.80. The molecule has 0 atom stereocenters. The van der Waals surface area contributed by atoms with Gasteiger partial charge in [-0.05, 0) is 12.3 Å². The fourth-order valence-electron chi connectivity index (χ4n) is 1.53. The first-order valence-electron chi connectivity index (χ1n) is 5.93. The minimum absolute atomic E-state index is 0.0375. The van der Waals surface area contributed by atoms with E-state index in [0.29, 0.717) is 12.3 Å². The molecule has 1 rings (SSSR count). The van der Waals surface area contributed by atoms with Gasteiger partial charge in [-0.25, -0.2) is 4.98 Å². The van der Waals surface area contributed by atoms with Crippen LogP contribution in [0.1, 0.15) is 62.5 Å². The van der Waals surface area contributed by atoms with Gasteiger partial charge in [0.05, 0.1) is 17.1 Å². The molecule has 96 valence electrons. The highest BCUT2D eigenvalue weighted by atomic mass is 32.1. The quantitative estimate of drug-likeness (QED) is 0.894. The van der Waals surface area contributed by atoms with Gasteiger partial charge >= 0.3 is 5.97 Å². The summed E-state index contributed by atoms with van der Waals surface area (Å²) in [5.74, 6) is -0.392. The van der Waals surface area contributed by atoms with Gasteiger partial charge < -0.3 is 5.11 Å². The maximum absolute atomic E-state index is 10.6. The zero-order chi connectivity index (χ0) is 13.2. The van der Waals surface area contributed by atoms with Gasteiger partial charge in [0.15, 0.2) is 0 Å². The Balaban J connectivity index is 3.01. The predicted octanol–water partition coefficient (Wildman–Crippen LogP) is 3.58. The second kappa shape index (κ2) is 5.17. The van der Waals surface area contributed by atoms with Gasteiger partial charge in [0.1, 0.15) is 0 Å². The Hall–Kier alpha value is -0.900. The number of thiazole rings is 1. The molecule has 0 unspecified atom stereocenters. The molecule has 0 saturated heterocycles.